The van der Waals surface area contributed by atoms with E-state index < -0.39 is 28.5 Å². The van der Waals surface area contributed by atoms with Crippen LogP contribution in [0.5, 0.6) is 0 Å². The molecule has 0 saturated carbocycles. The van der Waals surface area contributed by atoms with Crippen LogP contribution in [0.1, 0.15) is 16.7 Å². The zero-order valence-electron chi connectivity index (χ0n) is 20.8. The molecule has 3 rings (SSSR count). The molecule has 1 atom stereocenters. The summed E-state index contributed by atoms with van der Waals surface area (Å²) < 4.78 is 26.5. The number of benzene rings is 3. The number of sulfonamides is 1. The topological polar surface area (TPSA) is 86.8 Å². The van der Waals surface area contributed by atoms with Crippen molar-refractivity contribution in [1.29, 1.82) is 0 Å². The van der Waals surface area contributed by atoms with Gasteiger partial charge in [0.25, 0.3) is 0 Å². The van der Waals surface area contributed by atoms with Crippen LogP contribution in [0.4, 0.5) is 5.69 Å². The molecule has 0 radical (unpaired) electrons. The predicted octanol–water partition coefficient (Wildman–Crippen LogP) is 4.45. The Morgan fingerprint density at radius 3 is 2.24 bits per heavy atom. The molecule has 0 bridgehead atoms. The summed E-state index contributed by atoms with van der Waals surface area (Å²) in [6.45, 7) is 1.47. The molecule has 0 aliphatic heterocycles. The van der Waals surface area contributed by atoms with E-state index in [1.165, 1.54) is 30.1 Å². The lowest BCUT2D eigenvalue weighted by molar-refractivity contribution is -0.139. The molecule has 0 aromatic heterocycles. The molecule has 10 heteroatoms. The first-order valence-electron chi connectivity index (χ1n) is 11.5. The zero-order chi connectivity index (χ0) is 27.2. The number of rotatable bonds is 10. The highest BCUT2D eigenvalue weighted by Gasteiger charge is 2.33. The van der Waals surface area contributed by atoms with Crippen molar-refractivity contribution in [3.05, 3.63) is 99.5 Å². The summed E-state index contributed by atoms with van der Waals surface area (Å²) in [5.41, 5.74) is 2.74. The van der Waals surface area contributed by atoms with Gasteiger partial charge in [0.1, 0.15) is 12.6 Å². The largest absolute Gasteiger partial charge is 0.357 e. The Morgan fingerprint density at radius 1 is 0.946 bits per heavy atom. The minimum Gasteiger partial charge on any atom is -0.357 e. The van der Waals surface area contributed by atoms with E-state index in [2.05, 4.69) is 5.32 Å². The standard InChI is InChI=1S/C27H29Cl2N3O4S/c1-19-8-7-11-21(14-19)17-31(25(27(34)30-2)15-20-9-5-4-6-10-20)26(33)18-32(37(3,35)36)24-16-22(28)12-13-23(24)29/h4-14,16,25H,15,17-18H2,1-3H3,(H,30,34). The van der Waals surface area contributed by atoms with Crippen molar-refractivity contribution in [3.8, 4) is 0 Å². The second-order valence-electron chi connectivity index (χ2n) is 8.70. The summed E-state index contributed by atoms with van der Waals surface area (Å²) in [6.07, 6.45) is 1.23. The summed E-state index contributed by atoms with van der Waals surface area (Å²) in [4.78, 5) is 28.4. The van der Waals surface area contributed by atoms with Gasteiger partial charge in [-0.15, -0.1) is 0 Å². The highest BCUT2D eigenvalue weighted by atomic mass is 35.5. The molecule has 0 aliphatic carbocycles. The van der Waals surface area contributed by atoms with E-state index in [0.29, 0.717) is 0 Å². The molecule has 37 heavy (non-hydrogen) atoms. The lowest BCUT2D eigenvalue weighted by Gasteiger charge is -2.33. The molecule has 0 fully saturated rings. The number of likely N-dealkylation sites (N-methyl/N-ethyl adjacent to an activating group) is 1. The SMILES string of the molecule is CNC(=O)C(Cc1ccccc1)N(Cc1cccc(C)c1)C(=O)CN(c1cc(Cl)ccc1Cl)S(C)(=O)=O. The number of nitrogens with one attached hydrogen (secondary N) is 1. The minimum absolute atomic E-state index is 0.0834. The van der Waals surface area contributed by atoms with E-state index in [0.717, 1.165) is 27.3 Å². The molecular weight excluding hydrogens is 533 g/mol. The van der Waals surface area contributed by atoms with E-state index in [4.69, 9.17) is 23.2 Å². The van der Waals surface area contributed by atoms with Gasteiger partial charge in [0.15, 0.2) is 0 Å². The summed E-state index contributed by atoms with van der Waals surface area (Å²) in [6, 6.07) is 20.4. The fourth-order valence-electron chi connectivity index (χ4n) is 4.00. The monoisotopic (exact) mass is 561 g/mol. The lowest BCUT2D eigenvalue weighted by atomic mass is 10.0. The van der Waals surface area contributed by atoms with Crippen LogP contribution in [-0.4, -0.2) is 51.0 Å². The predicted molar refractivity (Wildman–Crippen MR) is 148 cm³/mol. The number of carbonyl (C=O) groups excluding carboxylic acids is 2. The summed E-state index contributed by atoms with van der Waals surface area (Å²) in [5, 5.41) is 3.04. The van der Waals surface area contributed by atoms with Gasteiger partial charge in [0.2, 0.25) is 21.8 Å². The van der Waals surface area contributed by atoms with Crippen molar-refractivity contribution in [2.75, 3.05) is 24.2 Å². The van der Waals surface area contributed by atoms with E-state index in [9.17, 15) is 18.0 Å². The van der Waals surface area contributed by atoms with Gasteiger partial charge in [-0.25, -0.2) is 8.42 Å². The Morgan fingerprint density at radius 2 is 1.62 bits per heavy atom. The number of anilines is 1. The average Bonchev–Trinajstić information content (AvgIpc) is 2.85. The van der Waals surface area contributed by atoms with Crippen LogP contribution < -0.4 is 9.62 Å². The molecule has 1 N–H and O–H groups in total. The maximum absolute atomic E-state index is 13.9. The number of hydrogen-bond acceptors (Lipinski definition) is 4. The molecule has 0 spiro atoms. The molecule has 0 aliphatic rings. The fourth-order valence-corrected chi connectivity index (χ4v) is 5.29. The second kappa shape index (κ2) is 12.4. The highest BCUT2D eigenvalue weighted by molar-refractivity contribution is 7.92. The van der Waals surface area contributed by atoms with Gasteiger partial charge in [-0.3, -0.25) is 13.9 Å². The average molecular weight is 563 g/mol. The maximum Gasteiger partial charge on any atom is 0.244 e. The molecular formula is C27H29Cl2N3O4S. The Hall–Kier alpha value is -3.07. The quantitative estimate of drug-likeness (QED) is 0.396. The number of hydrogen-bond donors (Lipinski definition) is 1. The van der Waals surface area contributed by atoms with Crippen LogP contribution >= 0.6 is 23.2 Å². The van der Waals surface area contributed by atoms with Gasteiger partial charge in [-0.1, -0.05) is 83.4 Å². The Balaban J connectivity index is 2.06. The van der Waals surface area contributed by atoms with E-state index >= 15 is 0 Å². The first-order valence-corrected chi connectivity index (χ1v) is 14.1. The smallest absolute Gasteiger partial charge is 0.244 e. The van der Waals surface area contributed by atoms with Gasteiger partial charge in [0, 0.05) is 25.0 Å². The third kappa shape index (κ3) is 7.71. The van der Waals surface area contributed by atoms with Crippen molar-refractivity contribution in [2.45, 2.75) is 25.9 Å². The van der Waals surface area contributed by atoms with Crippen molar-refractivity contribution < 1.29 is 18.0 Å². The van der Waals surface area contributed by atoms with Gasteiger partial charge >= 0.3 is 0 Å². The fraction of sp³-hybridized carbons (Fsp3) is 0.259. The first kappa shape index (κ1) is 28.5. The first-order chi connectivity index (χ1) is 17.5. The van der Waals surface area contributed by atoms with Crippen LogP contribution in [0.15, 0.2) is 72.8 Å². The summed E-state index contributed by atoms with van der Waals surface area (Å²) in [5.74, 6) is -0.927. The van der Waals surface area contributed by atoms with Crippen molar-refractivity contribution in [3.63, 3.8) is 0 Å². The third-order valence-electron chi connectivity index (χ3n) is 5.81. The van der Waals surface area contributed by atoms with Crippen LogP contribution in [0.3, 0.4) is 0 Å². The van der Waals surface area contributed by atoms with Gasteiger partial charge in [-0.2, -0.15) is 0 Å². The minimum atomic E-state index is -3.93. The molecule has 0 saturated heterocycles. The number of aryl methyl sites for hydroxylation is 1. The van der Waals surface area contributed by atoms with Gasteiger partial charge in [0.05, 0.1) is 17.0 Å². The van der Waals surface area contributed by atoms with Gasteiger partial charge < -0.3 is 10.2 Å². The number of halogens is 2. The number of nitrogens with zero attached hydrogens (tertiary/aromatic N) is 2. The molecule has 7 nitrogen and oxygen atoms in total. The van der Waals surface area contributed by atoms with E-state index in [1.54, 1.807) is 0 Å². The molecule has 196 valence electrons. The number of amides is 2. The van der Waals surface area contributed by atoms with Crippen molar-refractivity contribution in [2.24, 2.45) is 0 Å². The van der Waals surface area contributed by atoms with Gasteiger partial charge in [-0.05, 0) is 36.2 Å². The van der Waals surface area contributed by atoms with Crippen LogP contribution in [0.25, 0.3) is 0 Å². The highest BCUT2D eigenvalue weighted by Crippen LogP contribution is 2.31. The maximum atomic E-state index is 13.9. The Kier molecular flexibility index (Phi) is 9.59. The van der Waals surface area contributed by atoms with Crippen LogP contribution in [0.2, 0.25) is 10.0 Å². The van der Waals surface area contributed by atoms with Crippen LogP contribution in [0, 0.1) is 6.92 Å². The van der Waals surface area contributed by atoms with E-state index in [-0.39, 0.29) is 34.6 Å². The third-order valence-corrected chi connectivity index (χ3v) is 7.49. The molecule has 1 unspecified atom stereocenters. The molecule has 3 aromatic rings. The van der Waals surface area contributed by atoms with Crippen molar-refractivity contribution >= 4 is 50.7 Å². The lowest BCUT2D eigenvalue weighted by Crippen LogP contribution is -2.52. The zero-order valence-corrected chi connectivity index (χ0v) is 23.1. The molecule has 0 heterocycles. The molecule has 2 amide bonds. The Bertz CT molecular complexity index is 1370. The second-order valence-corrected chi connectivity index (χ2v) is 11.4. The Labute approximate surface area is 228 Å². The number of carbonyl (C=O) groups is 2. The summed E-state index contributed by atoms with van der Waals surface area (Å²) >= 11 is 12.4. The van der Waals surface area contributed by atoms with E-state index in [1.807, 2.05) is 61.5 Å². The van der Waals surface area contributed by atoms with Crippen molar-refractivity contribution in [1.82, 2.24) is 10.2 Å². The normalized spacial score (nSPS) is 12.0. The summed E-state index contributed by atoms with van der Waals surface area (Å²) in [7, 11) is -2.43. The molecule has 3 aromatic carbocycles. The van der Waals surface area contributed by atoms with Crippen LogP contribution in [-0.2, 0) is 32.6 Å².